The van der Waals surface area contributed by atoms with E-state index in [0.717, 1.165) is 0 Å². The molecule has 0 radical (unpaired) electrons. The van der Waals surface area contributed by atoms with E-state index in [1.165, 1.54) is 18.2 Å². The lowest BCUT2D eigenvalue weighted by Gasteiger charge is -2.12. The Hall–Kier alpha value is -1.34. The first-order valence-corrected chi connectivity index (χ1v) is 7.53. The summed E-state index contributed by atoms with van der Waals surface area (Å²) < 4.78 is 18.8. The third-order valence-corrected chi connectivity index (χ3v) is 4.14. The number of benzene rings is 2. The SMILES string of the molecule is COc1cccc(Cl)c1CNC(=O)c1ccc(F)cc1I. The van der Waals surface area contributed by atoms with E-state index in [0.29, 0.717) is 25.5 Å². The molecule has 0 bridgehead atoms. The van der Waals surface area contributed by atoms with E-state index in [1.807, 2.05) is 22.6 Å². The van der Waals surface area contributed by atoms with Crippen molar-refractivity contribution in [2.45, 2.75) is 6.54 Å². The molecule has 0 unspecified atom stereocenters. The van der Waals surface area contributed by atoms with Gasteiger partial charge in [0.25, 0.3) is 5.91 Å². The van der Waals surface area contributed by atoms with Crippen LogP contribution in [0.1, 0.15) is 15.9 Å². The van der Waals surface area contributed by atoms with E-state index >= 15 is 0 Å². The first-order chi connectivity index (χ1) is 10.0. The van der Waals surface area contributed by atoms with Gasteiger partial charge in [-0.3, -0.25) is 4.79 Å². The smallest absolute Gasteiger partial charge is 0.252 e. The van der Waals surface area contributed by atoms with Crippen LogP contribution < -0.4 is 10.1 Å². The van der Waals surface area contributed by atoms with E-state index in [2.05, 4.69) is 5.32 Å². The Balaban J connectivity index is 2.15. The fourth-order valence-corrected chi connectivity index (χ4v) is 2.79. The van der Waals surface area contributed by atoms with Crippen molar-refractivity contribution in [3.63, 3.8) is 0 Å². The highest BCUT2D eigenvalue weighted by molar-refractivity contribution is 14.1. The highest BCUT2D eigenvalue weighted by atomic mass is 127. The number of amides is 1. The van der Waals surface area contributed by atoms with Crippen LogP contribution in [0.5, 0.6) is 5.75 Å². The molecule has 2 aromatic carbocycles. The number of ether oxygens (including phenoxy) is 1. The highest BCUT2D eigenvalue weighted by Gasteiger charge is 2.13. The van der Waals surface area contributed by atoms with Gasteiger partial charge in [0.2, 0.25) is 0 Å². The van der Waals surface area contributed by atoms with Crippen LogP contribution in [0, 0.1) is 9.39 Å². The van der Waals surface area contributed by atoms with Gasteiger partial charge in [0.05, 0.1) is 12.7 Å². The molecule has 0 spiro atoms. The average Bonchev–Trinajstić information content (AvgIpc) is 2.45. The number of carbonyl (C=O) groups excluding carboxylic acids is 1. The van der Waals surface area contributed by atoms with Crippen LogP contribution in [-0.4, -0.2) is 13.0 Å². The Morgan fingerprint density at radius 3 is 2.81 bits per heavy atom. The third-order valence-electron chi connectivity index (χ3n) is 2.90. The van der Waals surface area contributed by atoms with Gasteiger partial charge in [0.15, 0.2) is 0 Å². The van der Waals surface area contributed by atoms with Crippen molar-refractivity contribution in [3.8, 4) is 5.75 Å². The van der Waals surface area contributed by atoms with Crippen molar-refractivity contribution in [1.82, 2.24) is 5.32 Å². The zero-order valence-corrected chi connectivity index (χ0v) is 14.0. The molecule has 0 atom stereocenters. The van der Waals surface area contributed by atoms with Crippen molar-refractivity contribution in [2.24, 2.45) is 0 Å². The van der Waals surface area contributed by atoms with E-state index in [4.69, 9.17) is 16.3 Å². The number of halogens is 3. The van der Waals surface area contributed by atoms with Gasteiger partial charge in [-0.25, -0.2) is 4.39 Å². The molecule has 0 aromatic heterocycles. The van der Waals surface area contributed by atoms with Crippen molar-refractivity contribution >= 4 is 40.1 Å². The summed E-state index contributed by atoms with van der Waals surface area (Å²) in [7, 11) is 1.54. The van der Waals surface area contributed by atoms with Crippen molar-refractivity contribution < 1.29 is 13.9 Å². The fourth-order valence-electron chi connectivity index (χ4n) is 1.84. The van der Waals surface area contributed by atoms with E-state index in [9.17, 15) is 9.18 Å². The third kappa shape index (κ3) is 3.85. The topological polar surface area (TPSA) is 38.3 Å². The fraction of sp³-hybridized carbons (Fsp3) is 0.133. The first kappa shape index (κ1) is 16.0. The lowest BCUT2D eigenvalue weighted by Crippen LogP contribution is -2.24. The molecular formula is C15H12ClFINO2. The predicted molar refractivity (Wildman–Crippen MR) is 88.3 cm³/mol. The summed E-state index contributed by atoms with van der Waals surface area (Å²) in [4.78, 5) is 12.1. The lowest BCUT2D eigenvalue weighted by molar-refractivity contribution is 0.0950. The molecule has 0 heterocycles. The summed E-state index contributed by atoms with van der Waals surface area (Å²) in [6.45, 7) is 0.231. The van der Waals surface area contributed by atoms with Crippen LogP contribution in [0.15, 0.2) is 36.4 Å². The molecule has 21 heavy (non-hydrogen) atoms. The molecule has 0 saturated heterocycles. The Morgan fingerprint density at radius 1 is 1.38 bits per heavy atom. The minimum Gasteiger partial charge on any atom is -0.496 e. The summed E-state index contributed by atoms with van der Waals surface area (Å²) in [6, 6.07) is 9.30. The number of methoxy groups -OCH3 is 1. The van der Waals surface area contributed by atoms with Gasteiger partial charge in [0.1, 0.15) is 11.6 Å². The molecule has 0 aliphatic carbocycles. The normalized spacial score (nSPS) is 10.3. The number of carbonyl (C=O) groups is 1. The van der Waals surface area contributed by atoms with E-state index < -0.39 is 0 Å². The summed E-state index contributed by atoms with van der Waals surface area (Å²) >= 11 is 8.03. The predicted octanol–water partition coefficient (Wildman–Crippen LogP) is 4.02. The average molecular weight is 420 g/mol. The molecular weight excluding hydrogens is 408 g/mol. The molecule has 1 N–H and O–H groups in total. The second kappa shape index (κ2) is 7.09. The minimum atomic E-state index is -0.372. The number of nitrogens with one attached hydrogen (secondary N) is 1. The van der Waals surface area contributed by atoms with Crippen LogP contribution >= 0.6 is 34.2 Å². The molecule has 1 amide bonds. The zero-order chi connectivity index (χ0) is 15.4. The van der Waals surface area contributed by atoms with E-state index in [1.54, 1.807) is 25.3 Å². The molecule has 2 rings (SSSR count). The summed E-state index contributed by atoms with van der Waals surface area (Å²) in [5, 5.41) is 3.28. The summed E-state index contributed by atoms with van der Waals surface area (Å²) in [6.07, 6.45) is 0. The van der Waals surface area contributed by atoms with Crippen LogP contribution in [0.2, 0.25) is 5.02 Å². The van der Waals surface area contributed by atoms with Crippen LogP contribution in [0.25, 0.3) is 0 Å². The molecule has 0 saturated carbocycles. The Kier molecular flexibility index (Phi) is 5.41. The largest absolute Gasteiger partial charge is 0.496 e. The van der Waals surface area contributed by atoms with Crippen LogP contribution in [0.4, 0.5) is 4.39 Å². The number of hydrogen-bond acceptors (Lipinski definition) is 2. The summed E-state index contributed by atoms with van der Waals surface area (Å²) in [5.74, 6) is -0.0540. The van der Waals surface area contributed by atoms with E-state index in [-0.39, 0.29) is 18.3 Å². The second-order valence-electron chi connectivity index (χ2n) is 4.23. The molecule has 110 valence electrons. The van der Waals surface area contributed by atoms with Gasteiger partial charge in [-0.15, -0.1) is 0 Å². The Morgan fingerprint density at radius 2 is 2.14 bits per heavy atom. The number of rotatable bonds is 4. The maximum atomic E-state index is 13.0. The second-order valence-corrected chi connectivity index (χ2v) is 5.80. The maximum Gasteiger partial charge on any atom is 0.252 e. The standard InChI is InChI=1S/C15H12ClFINO2/c1-21-14-4-2-3-12(16)11(14)8-19-15(20)10-6-5-9(17)7-13(10)18/h2-7H,8H2,1H3,(H,19,20). The lowest BCUT2D eigenvalue weighted by atomic mass is 10.1. The molecule has 6 heteroatoms. The minimum absolute atomic E-state index is 0.231. The molecule has 0 aliphatic rings. The molecule has 0 aliphatic heterocycles. The van der Waals surface area contributed by atoms with Gasteiger partial charge < -0.3 is 10.1 Å². The van der Waals surface area contributed by atoms with Crippen LogP contribution in [0.3, 0.4) is 0 Å². The van der Waals surface area contributed by atoms with Crippen molar-refractivity contribution in [3.05, 3.63) is 61.9 Å². The van der Waals surface area contributed by atoms with Gasteiger partial charge in [-0.2, -0.15) is 0 Å². The monoisotopic (exact) mass is 419 g/mol. The van der Waals surface area contributed by atoms with Crippen LogP contribution in [-0.2, 0) is 6.54 Å². The van der Waals surface area contributed by atoms with Gasteiger partial charge in [-0.1, -0.05) is 17.7 Å². The van der Waals surface area contributed by atoms with Crippen molar-refractivity contribution in [1.29, 1.82) is 0 Å². The molecule has 0 fully saturated rings. The Labute approximate surface area is 140 Å². The number of hydrogen-bond donors (Lipinski definition) is 1. The molecule has 2 aromatic rings. The van der Waals surface area contributed by atoms with Crippen molar-refractivity contribution in [2.75, 3.05) is 7.11 Å². The zero-order valence-electron chi connectivity index (χ0n) is 11.1. The van der Waals surface area contributed by atoms with Gasteiger partial charge in [0, 0.05) is 20.7 Å². The highest BCUT2D eigenvalue weighted by Crippen LogP contribution is 2.26. The molecule has 3 nitrogen and oxygen atoms in total. The first-order valence-electron chi connectivity index (χ1n) is 6.07. The van der Waals surface area contributed by atoms with Gasteiger partial charge >= 0.3 is 0 Å². The Bertz CT molecular complexity index is 679. The maximum absolute atomic E-state index is 13.0. The van der Waals surface area contributed by atoms with Gasteiger partial charge in [-0.05, 0) is 52.9 Å². The summed E-state index contributed by atoms with van der Waals surface area (Å²) in [5.41, 5.74) is 1.12. The quantitative estimate of drug-likeness (QED) is 0.760.